The Hall–Kier alpha value is 0.594. The van der Waals surface area contributed by atoms with Crippen molar-refractivity contribution in [2.24, 2.45) is 0 Å². The Labute approximate surface area is 211 Å². The summed E-state index contributed by atoms with van der Waals surface area (Å²) in [6.07, 6.45) is 9.46. The predicted molar refractivity (Wildman–Crippen MR) is 155 cm³/mol. The van der Waals surface area contributed by atoms with Gasteiger partial charge in [0, 0.05) is 0 Å². The van der Waals surface area contributed by atoms with Crippen molar-refractivity contribution in [3.63, 3.8) is 0 Å². The molecule has 198 valence electrons. The maximum absolute atomic E-state index is 13.0. The van der Waals surface area contributed by atoms with Crippen LogP contribution in [-0.4, -0.2) is 48.1 Å². The Balaban J connectivity index is 5.70. The van der Waals surface area contributed by atoms with Crippen LogP contribution in [0.1, 0.15) is 65.2 Å². The van der Waals surface area contributed by atoms with Gasteiger partial charge in [-0.05, 0) is 85.4 Å². The van der Waals surface area contributed by atoms with Crippen molar-refractivity contribution in [1.82, 2.24) is 0 Å². The van der Waals surface area contributed by atoms with Crippen LogP contribution in [0.15, 0.2) is 0 Å². The number of unbranched alkanes of at least 4 members (excludes halogenated alkanes) is 6. The lowest BCUT2D eigenvalue weighted by Gasteiger charge is -2.45. The molecule has 0 aliphatic carbocycles. The van der Waals surface area contributed by atoms with Crippen LogP contribution in [0.5, 0.6) is 0 Å². The Morgan fingerprint density at radius 3 is 1.30 bits per heavy atom. The normalized spacial score (nSPS) is 15.1. The fourth-order valence-corrected chi connectivity index (χ4v) is 28.6. The fraction of sp³-hybridized carbons (Fsp3) is 0.957. The zero-order valence-corrected chi connectivity index (χ0v) is 29.3. The standard InChI is InChI=1S/C23H56O5Si5/c1-14-15-16-17-18-19-20-21-23(22(2)24)33(13,27-31(9,10)25-29(3,4)5)28-32(11,12)26-30(6,7)8/h23H,14-21H2,1-13H3. The van der Waals surface area contributed by atoms with E-state index in [1.165, 1.54) is 32.1 Å². The van der Waals surface area contributed by atoms with Crippen molar-refractivity contribution in [3.8, 4) is 0 Å². The van der Waals surface area contributed by atoms with E-state index in [-0.39, 0.29) is 11.3 Å². The van der Waals surface area contributed by atoms with Gasteiger partial charge in [0.05, 0.1) is 5.54 Å². The molecular weight excluding hydrogens is 497 g/mol. The van der Waals surface area contributed by atoms with Crippen molar-refractivity contribution >= 4 is 48.1 Å². The zero-order chi connectivity index (χ0) is 26.1. The molecule has 1 unspecified atom stereocenters. The van der Waals surface area contributed by atoms with Gasteiger partial charge in [-0.2, -0.15) is 0 Å². The van der Waals surface area contributed by atoms with E-state index >= 15 is 0 Å². The second-order valence-corrected chi connectivity index (χ2v) is 32.6. The van der Waals surface area contributed by atoms with Crippen molar-refractivity contribution in [3.05, 3.63) is 0 Å². The van der Waals surface area contributed by atoms with Gasteiger partial charge in [-0.3, -0.25) is 4.79 Å². The average molecular weight is 553 g/mol. The van der Waals surface area contributed by atoms with Crippen LogP contribution in [-0.2, 0) is 21.3 Å². The summed E-state index contributed by atoms with van der Waals surface area (Å²) in [5.74, 6) is 0.186. The molecule has 0 aromatic heterocycles. The van der Waals surface area contributed by atoms with E-state index in [0.29, 0.717) is 0 Å². The van der Waals surface area contributed by atoms with Gasteiger partial charge in [-0.25, -0.2) is 0 Å². The first kappa shape index (κ1) is 33.6. The summed E-state index contributed by atoms with van der Waals surface area (Å²) in [6, 6.07) is 0. The molecule has 0 saturated carbocycles. The van der Waals surface area contributed by atoms with Gasteiger partial charge >= 0.3 is 25.7 Å². The van der Waals surface area contributed by atoms with E-state index in [9.17, 15) is 4.79 Å². The minimum atomic E-state index is -2.93. The Bertz CT molecular complexity index is 555. The van der Waals surface area contributed by atoms with Gasteiger partial charge in [0.1, 0.15) is 5.78 Å². The van der Waals surface area contributed by atoms with E-state index in [2.05, 4.69) is 78.9 Å². The van der Waals surface area contributed by atoms with E-state index in [0.717, 1.165) is 19.3 Å². The second kappa shape index (κ2) is 13.8. The Morgan fingerprint density at radius 1 is 0.606 bits per heavy atom. The van der Waals surface area contributed by atoms with E-state index in [1.54, 1.807) is 6.92 Å². The lowest BCUT2D eigenvalue weighted by molar-refractivity contribution is -0.117. The van der Waals surface area contributed by atoms with Crippen LogP contribution in [0.4, 0.5) is 0 Å². The molecule has 0 aliphatic heterocycles. The molecule has 10 heteroatoms. The molecule has 0 fully saturated rings. The largest absolute Gasteiger partial charge is 0.437 e. The molecule has 0 spiro atoms. The molecule has 0 aliphatic rings. The summed E-state index contributed by atoms with van der Waals surface area (Å²) in [7, 11) is -11.5. The molecular formula is C23H56O5Si5. The van der Waals surface area contributed by atoms with Crippen LogP contribution < -0.4 is 0 Å². The number of hydrogen-bond donors (Lipinski definition) is 0. The molecule has 0 heterocycles. The number of carbonyl (C=O) groups is 1. The third-order valence-electron chi connectivity index (χ3n) is 5.22. The minimum absolute atomic E-state index is 0.186. The smallest absolute Gasteiger partial charge is 0.328 e. The van der Waals surface area contributed by atoms with Crippen molar-refractivity contribution in [2.75, 3.05) is 0 Å². The van der Waals surface area contributed by atoms with Gasteiger partial charge < -0.3 is 16.5 Å². The molecule has 0 amide bonds. The van der Waals surface area contributed by atoms with Crippen molar-refractivity contribution in [2.45, 2.75) is 143 Å². The summed E-state index contributed by atoms with van der Waals surface area (Å²) in [5.41, 5.74) is -0.192. The van der Waals surface area contributed by atoms with Crippen LogP contribution in [0.3, 0.4) is 0 Å². The van der Waals surface area contributed by atoms with Gasteiger partial charge in [0.15, 0.2) is 16.6 Å². The molecule has 0 rings (SSSR count). The van der Waals surface area contributed by atoms with Crippen molar-refractivity contribution < 1.29 is 21.3 Å². The zero-order valence-electron chi connectivity index (χ0n) is 24.3. The first-order valence-electron chi connectivity index (χ1n) is 13.0. The summed E-state index contributed by atoms with van der Waals surface area (Å²) in [5, 5.41) is 0. The third-order valence-corrected chi connectivity index (χ3v) is 23.2. The van der Waals surface area contributed by atoms with Crippen LogP contribution in [0, 0.1) is 0 Å². The lowest BCUT2D eigenvalue weighted by Crippen LogP contribution is -2.62. The first-order chi connectivity index (χ1) is 14.7. The predicted octanol–water partition coefficient (Wildman–Crippen LogP) is 8.30. The number of hydrogen-bond acceptors (Lipinski definition) is 5. The van der Waals surface area contributed by atoms with Gasteiger partial charge in [0.2, 0.25) is 0 Å². The summed E-state index contributed by atoms with van der Waals surface area (Å²) in [6.45, 7) is 27.7. The van der Waals surface area contributed by atoms with E-state index in [4.69, 9.17) is 16.5 Å². The molecule has 0 bridgehead atoms. The lowest BCUT2D eigenvalue weighted by atomic mass is 10.1. The third kappa shape index (κ3) is 16.1. The second-order valence-electron chi connectivity index (χ2n) is 12.5. The maximum Gasteiger partial charge on any atom is 0.328 e. The van der Waals surface area contributed by atoms with Gasteiger partial charge in [-0.1, -0.05) is 51.9 Å². The highest BCUT2D eigenvalue weighted by atomic mass is 28.5. The molecule has 0 N–H and O–H groups in total. The number of carbonyl (C=O) groups excluding carboxylic acids is 1. The van der Waals surface area contributed by atoms with Gasteiger partial charge in [0.25, 0.3) is 0 Å². The Morgan fingerprint density at radius 2 is 0.970 bits per heavy atom. The minimum Gasteiger partial charge on any atom is -0.437 e. The number of ketones is 1. The topological polar surface area (TPSA) is 54.0 Å². The van der Waals surface area contributed by atoms with E-state index < -0.39 is 42.3 Å². The number of rotatable bonds is 18. The summed E-state index contributed by atoms with van der Waals surface area (Å²) >= 11 is 0. The molecule has 33 heavy (non-hydrogen) atoms. The summed E-state index contributed by atoms with van der Waals surface area (Å²) < 4.78 is 26.9. The monoisotopic (exact) mass is 552 g/mol. The molecule has 0 aromatic carbocycles. The molecule has 0 aromatic rings. The fourth-order valence-electron chi connectivity index (χ4n) is 4.80. The van der Waals surface area contributed by atoms with Gasteiger partial charge in [-0.15, -0.1) is 0 Å². The molecule has 5 nitrogen and oxygen atoms in total. The molecule has 1 atom stereocenters. The highest BCUT2D eigenvalue weighted by molar-refractivity contribution is 6.91. The van der Waals surface area contributed by atoms with Crippen LogP contribution in [0.2, 0.25) is 77.6 Å². The molecule has 0 radical (unpaired) electrons. The van der Waals surface area contributed by atoms with Crippen molar-refractivity contribution in [1.29, 1.82) is 0 Å². The Kier molecular flexibility index (Phi) is 14.0. The molecule has 0 saturated heterocycles. The SMILES string of the molecule is CCCCCCCCCC(C(C)=O)[Si](C)(O[Si](C)(C)O[Si](C)(C)C)O[Si](C)(C)O[Si](C)(C)C. The average Bonchev–Trinajstić information content (AvgIpc) is 2.50. The van der Waals surface area contributed by atoms with E-state index in [1.807, 2.05) is 0 Å². The first-order valence-corrected chi connectivity index (χ1v) is 27.9. The van der Waals surface area contributed by atoms with Crippen LogP contribution in [0.25, 0.3) is 0 Å². The maximum atomic E-state index is 13.0. The highest BCUT2D eigenvalue weighted by Gasteiger charge is 2.53. The van der Waals surface area contributed by atoms with Crippen LogP contribution >= 0.6 is 0 Å². The highest BCUT2D eigenvalue weighted by Crippen LogP contribution is 2.37. The number of Topliss-reactive ketones (excluding diaryl/α,β-unsaturated/α-hetero) is 1. The summed E-state index contributed by atoms with van der Waals surface area (Å²) in [4.78, 5) is 13.0. The quantitative estimate of drug-likeness (QED) is 0.126.